The minimum absolute atomic E-state index is 0.326. The number of aldehydes is 1. The summed E-state index contributed by atoms with van der Waals surface area (Å²) in [6, 6.07) is 15.2. The Kier molecular flexibility index (Phi) is 6.30. The molecule has 0 saturated carbocycles. The summed E-state index contributed by atoms with van der Waals surface area (Å²) >= 11 is 0. The van der Waals surface area contributed by atoms with Crippen molar-refractivity contribution in [3.8, 4) is 11.1 Å². The zero-order valence-corrected chi connectivity index (χ0v) is 14.4. The van der Waals surface area contributed by atoms with Gasteiger partial charge in [0.25, 0.3) is 5.91 Å². The monoisotopic (exact) mass is 351 g/mol. The number of nitrogens with one attached hydrogen (secondary N) is 1. The molecule has 1 N–H and O–H groups in total. The molecule has 1 aliphatic heterocycles. The molecule has 2 aromatic carbocycles. The van der Waals surface area contributed by atoms with Gasteiger partial charge in [-0.1, -0.05) is 48.5 Å². The number of hydroxylamine groups is 1. The number of rotatable bonds is 6. The highest BCUT2D eigenvalue weighted by Crippen LogP contribution is 2.20. The number of carbonyl (C=O) groups excluding carboxylic acids is 2. The fourth-order valence-electron chi connectivity index (χ4n) is 2.67. The van der Waals surface area contributed by atoms with Crippen LogP contribution in [0.2, 0.25) is 0 Å². The minimum atomic E-state index is -0.356. The maximum atomic E-state index is 11.8. The zero-order valence-electron chi connectivity index (χ0n) is 14.4. The van der Waals surface area contributed by atoms with Gasteiger partial charge in [-0.2, -0.15) is 0 Å². The lowest BCUT2D eigenvalue weighted by Crippen LogP contribution is -2.32. The molecular weight excluding hydrogens is 330 g/mol. The molecule has 2 aromatic rings. The van der Waals surface area contributed by atoms with E-state index in [1.165, 1.54) is 6.08 Å². The normalized spacial score (nSPS) is 17.2. The van der Waals surface area contributed by atoms with Crippen molar-refractivity contribution in [1.82, 2.24) is 5.48 Å². The van der Waals surface area contributed by atoms with Crippen LogP contribution in [0.5, 0.6) is 0 Å². The number of carbonyl (C=O) groups is 2. The quantitative estimate of drug-likeness (QED) is 0.489. The first-order valence-electron chi connectivity index (χ1n) is 8.65. The van der Waals surface area contributed by atoms with Gasteiger partial charge in [0.1, 0.15) is 6.29 Å². The van der Waals surface area contributed by atoms with E-state index < -0.39 is 0 Å². The molecule has 0 bridgehead atoms. The fraction of sp³-hybridized carbons (Fsp3) is 0.238. The van der Waals surface area contributed by atoms with E-state index in [-0.39, 0.29) is 12.2 Å². The van der Waals surface area contributed by atoms with Crippen molar-refractivity contribution in [1.29, 1.82) is 0 Å². The Morgan fingerprint density at radius 3 is 2.23 bits per heavy atom. The van der Waals surface area contributed by atoms with Gasteiger partial charge in [0.05, 0.1) is 0 Å². The van der Waals surface area contributed by atoms with Gasteiger partial charge in [-0.3, -0.25) is 9.59 Å². The van der Waals surface area contributed by atoms with Gasteiger partial charge in [-0.25, -0.2) is 10.3 Å². The summed E-state index contributed by atoms with van der Waals surface area (Å²) in [5, 5.41) is 0. The summed E-state index contributed by atoms with van der Waals surface area (Å²) in [5.74, 6) is -0.326. The lowest BCUT2D eigenvalue weighted by atomic mass is 10.0. The third kappa shape index (κ3) is 5.12. The average molecular weight is 351 g/mol. The highest BCUT2D eigenvalue weighted by Gasteiger charge is 2.14. The van der Waals surface area contributed by atoms with Gasteiger partial charge in [-0.15, -0.1) is 0 Å². The van der Waals surface area contributed by atoms with Crippen molar-refractivity contribution < 1.29 is 19.2 Å². The molecule has 0 radical (unpaired) electrons. The van der Waals surface area contributed by atoms with Gasteiger partial charge >= 0.3 is 0 Å². The fourth-order valence-corrected chi connectivity index (χ4v) is 2.67. The zero-order chi connectivity index (χ0) is 18.2. The van der Waals surface area contributed by atoms with Crippen molar-refractivity contribution in [3.05, 3.63) is 65.7 Å². The summed E-state index contributed by atoms with van der Waals surface area (Å²) in [4.78, 5) is 27.7. The van der Waals surface area contributed by atoms with Crippen molar-refractivity contribution in [3.63, 3.8) is 0 Å². The Morgan fingerprint density at radius 1 is 1.00 bits per heavy atom. The summed E-state index contributed by atoms with van der Waals surface area (Å²) < 4.78 is 5.38. The Balaban J connectivity index is 1.53. The second-order valence-electron chi connectivity index (χ2n) is 6.08. The molecule has 1 atom stereocenters. The molecule has 1 heterocycles. The Morgan fingerprint density at radius 2 is 1.65 bits per heavy atom. The van der Waals surface area contributed by atoms with Crippen molar-refractivity contribution >= 4 is 18.3 Å². The van der Waals surface area contributed by atoms with E-state index in [9.17, 15) is 9.59 Å². The highest BCUT2D eigenvalue weighted by molar-refractivity contribution is 5.91. The molecule has 5 heteroatoms. The summed E-state index contributed by atoms with van der Waals surface area (Å²) in [5.41, 5.74) is 6.02. The molecule has 1 amide bonds. The first kappa shape index (κ1) is 18.0. The van der Waals surface area contributed by atoms with E-state index in [1.54, 1.807) is 18.2 Å². The number of hydrogen-bond acceptors (Lipinski definition) is 4. The molecule has 1 unspecified atom stereocenters. The number of benzene rings is 2. The predicted molar refractivity (Wildman–Crippen MR) is 99.1 cm³/mol. The summed E-state index contributed by atoms with van der Waals surface area (Å²) in [7, 11) is 0. The van der Waals surface area contributed by atoms with E-state index >= 15 is 0 Å². The lowest BCUT2D eigenvalue weighted by Gasteiger charge is -2.21. The van der Waals surface area contributed by atoms with E-state index in [0.717, 1.165) is 42.2 Å². The molecule has 1 aliphatic rings. The van der Waals surface area contributed by atoms with Gasteiger partial charge in [0, 0.05) is 24.7 Å². The molecule has 1 saturated heterocycles. The number of amides is 1. The van der Waals surface area contributed by atoms with Crippen LogP contribution in [0.1, 0.15) is 35.2 Å². The van der Waals surface area contributed by atoms with E-state index in [0.29, 0.717) is 12.2 Å². The van der Waals surface area contributed by atoms with Crippen LogP contribution in [0.15, 0.2) is 54.6 Å². The van der Waals surface area contributed by atoms with Gasteiger partial charge in [0.15, 0.2) is 6.29 Å². The Hall–Kier alpha value is -2.76. The van der Waals surface area contributed by atoms with Crippen molar-refractivity contribution in [2.24, 2.45) is 0 Å². The summed E-state index contributed by atoms with van der Waals surface area (Å²) in [6.45, 7) is 0.667. The lowest BCUT2D eigenvalue weighted by molar-refractivity contribution is -0.198. The molecule has 5 nitrogen and oxygen atoms in total. The molecule has 26 heavy (non-hydrogen) atoms. The molecular formula is C21H21NO4. The van der Waals surface area contributed by atoms with Crippen LogP contribution in [-0.2, 0) is 14.4 Å². The molecule has 0 spiro atoms. The van der Waals surface area contributed by atoms with E-state index in [2.05, 4.69) is 5.48 Å². The van der Waals surface area contributed by atoms with Crippen LogP contribution in [0, 0.1) is 0 Å². The van der Waals surface area contributed by atoms with Crippen LogP contribution in [0.4, 0.5) is 0 Å². The van der Waals surface area contributed by atoms with Crippen molar-refractivity contribution in [2.45, 2.75) is 25.6 Å². The first-order valence-corrected chi connectivity index (χ1v) is 8.65. The Labute approximate surface area is 152 Å². The van der Waals surface area contributed by atoms with Gasteiger partial charge in [-0.05, 0) is 35.6 Å². The highest BCUT2D eigenvalue weighted by atomic mass is 16.8. The van der Waals surface area contributed by atoms with Crippen LogP contribution >= 0.6 is 0 Å². The van der Waals surface area contributed by atoms with Gasteiger partial charge < -0.3 is 4.74 Å². The third-order valence-electron chi connectivity index (χ3n) is 4.15. The van der Waals surface area contributed by atoms with E-state index in [4.69, 9.17) is 9.57 Å². The van der Waals surface area contributed by atoms with E-state index in [1.807, 2.05) is 36.4 Å². The smallest absolute Gasteiger partial charge is 0.267 e. The SMILES string of the molecule is O=Cc1ccc(-c2ccc(/C=C/C(=O)NOC3CCCCO3)cc2)cc1. The average Bonchev–Trinajstić information content (AvgIpc) is 2.72. The maximum Gasteiger partial charge on any atom is 0.267 e. The summed E-state index contributed by atoms with van der Waals surface area (Å²) in [6.07, 6.45) is 6.49. The maximum absolute atomic E-state index is 11.8. The molecule has 1 fully saturated rings. The van der Waals surface area contributed by atoms with Crippen molar-refractivity contribution in [2.75, 3.05) is 6.61 Å². The molecule has 0 aromatic heterocycles. The third-order valence-corrected chi connectivity index (χ3v) is 4.15. The van der Waals surface area contributed by atoms with Crippen LogP contribution in [0.3, 0.4) is 0 Å². The number of ether oxygens (including phenoxy) is 1. The standard InChI is InChI=1S/C21H21NO4/c23-15-17-6-11-19(12-7-17)18-9-4-16(5-10-18)8-13-20(24)22-26-21-3-1-2-14-25-21/h4-13,15,21H,1-3,14H2,(H,22,24)/b13-8+. The van der Waals surface area contributed by atoms with Gasteiger partial charge in [0.2, 0.25) is 0 Å². The van der Waals surface area contributed by atoms with Crippen LogP contribution in [0.25, 0.3) is 17.2 Å². The minimum Gasteiger partial charge on any atom is -0.350 e. The second kappa shape index (κ2) is 9.08. The number of hydrogen-bond donors (Lipinski definition) is 1. The predicted octanol–water partition coefficient (Wildman–Crippen LogP) is 3.75. The molecule has 134 valence electrons. The van der Waals surface area contributed by atoms with Crippen LogP contribution < -0.4 is 5.48 Å². The topological polar surface area (TPSA) is 64.6 Å². The molecule has 0 aliphatic carbocycles. The first-order chi connectivity index (χ1) is 12.7. The Bertz CT molecular complexity index is 760. The molecule has 3 rings (SSSR count). The largest absolute Gasteiger partial charge is 0.350 e. The second-order valence-corrected chi connectivity index (χ2v) is 6.08. The van der Waals surface area contributed by atoms with Crippen LogP contribution in [-0.4, -0.2) is 25.1 Å².